The average molecular weight is 270 g/mol. The third kappa shape index (κ3) is 4.48. The van der Waals surface area contributed by atoms with Gasteiger partial charge in [-0.05, 0) is 23.1 Å². The van der Waals surface area contributed by atoms with Gasteiger partial charge in [-0.15, -0.1) is 0 Å². The standard InChI is InChI=1S/C18H22O2/c1-2-6-15-9-11-17(12-10-15)18(19)14-20-13-16-7-4-3-5-8-16/h3-5,7-12,18-19H,2,6,13-14H2,1H3. The van der Waals surface area contributed by atoms with E-state index in [2.05, 4.69) is 19.1 Å². The predicted octanol–water partition coefficient (Wildman–Crippen LogP) is 3.89. The van der Waals surface area contributed by atoms with Crippen molar-refractivity contribution in [2.75, 3.05) is 6.61 Å². The van der Waals surface area contributed by atoms with E-state index in [9.17, 15) is 5.11 Å². The maximum atomic E-state index is 10.1. The maximum Gasteiger partial charge on any atom is 0.102 e. The Hall–Kier alpha value is -1.64. The molecule has 2 aromatic rings. The molecular formula is C18H22O2. The summed E-state index contributed by atoms with van der Waals surface area (Å²) < 4.78 is 5.56. The minimum absolute atomic E-state index is 0.321. The summed E-state index contributed by atoms with van der Waals surface area (Å²) in [4.78, 5) is 0. The molecule has 20 heavy (non-hydrogen) atoms. The van der Waals surface area contributed by atoms with E-state index in [-0.39, 0.29) is 0 Å². The Labute approximate surface area is 121 Å². The molecular weight excluding hydrogens is 248 g/mol. The van der Waals surface area contributed by atoms with Gasteiger partial charge < -0.3 is 9.84 Å². The van der Waals surface area contributed by atoms with E-state index >= 15 is 0 Å². The van der Waals surface area contributed by atoms with Gasteiger partial charge in [-0.3, -0.25) is 0 Å². The number of ether oxygens (including phenoxy) is 1. The third-order valence-corrected chi connectivity index (χ3v) is 3.29. The molecule has 2 nitrogen and oxygen atoms in total. The molecule has 1 N–H and O–H groups in total. The molecule has 0 aliphatic heterocycles. The first kappa shape index (κ1) is 14.8. The smallest absolute Gasteiger partial charge is 0.102 e. The lowest BCUT2D eigenvalue weighted by molar-refractivity contribution is 0.0277. The molecule has 2 rings (SSSR count). The molecule has 106 valence electrons. The van der Waals surface area contributed by atoms with Gasteiger partial charge in [0, 0.05) is 0 Å². The zero-order valence-electron chi connectivity index (χ0n) is 12.0. The summed E-state index contributed by atoms with van der Waals surface area (Å²) in [5.41, 5.74) is 3.35. The molecule has 0 aromatic heterocycles. The first-order valence-electron chi connectivity index (χ1n) is 7.18. The second kappa shape index (κ2) is 7.83. The molecule has 0 heterocycles. The Bertz CT molecular complexity index is 491. The van der Waals surface area contributed by atoms with Gasteiger partial charge >= 0.3 is 0 Å². The number of rotatable bonds is 7. The Morgan fingerprint density at radius 2 is 1.65 bits per heavy atom. The monoisotopic (exact) mass is 270 g/mol. The summed E-state index contributed by atoms with van der Waals surface area (Å²) in [6, 6.07) is 18.1. The fourth-order valence-electron chi connectivity index (χ4n) is 2.15. The molecule has 0 radical (unpaired) electrons. The number of hydrogen-bond donors (Lipinski definition) is 1. The Kier molecular flexibility index (Phi) is 5.78. The van der Waals surface area contributed by atoms with Gasteiger partial charge in [-0.1, -0.05) is 67.9 Å². The lowest BCUT2D eigenvalue weighted by Gasteiger charge is -2.12. The van der Waals surface area contributed by atoms with Crippen molar-refractivity contribution in [3.8, 4) is 0 Å². The number of hydrogen-bond acceptors (Lipinski definition) is 2. The highest BCUT2D eigenvalue weighted by Crippen LogP contribution is 2.15. The molecule has 0 saturated heterocycles. The fraction of sp³-hybridized carbons (Fsp3) is 0.333. The topological polar surface area (TPSA) is 29.5 Å². The van der Waals surface area contributed by atoms with Gasteiger partial charge in [0.15, 0.2) is 0 Å². The predicted molar refractivity (Wildman–Crippen MR) is 81.5 cm³/mol. The summed E-state index contributed by atoms with van der Waals surface area (Å²) in [5.74, 6) is 0. The Morgan fingerprint density at radius 3 is 2.30 bits per heavy atom. The molecule has 0 saturated carbocycles. The van der Waals surface area contributed by atoms with Crippen LogP contribution in [0.25, 0.3) is 0 Å². The number of benzene rings is 2. The second-order valence-corrected chi connectivity index (χ2v) is 5.01. The van der Waals surface area contributed by atoms with E-state index in [1.165, 1.54) is 5.56 Å². The lowest BCUT2D eigenvalue weighted by atomic mass is 10.0. The third-order valence-electron chi connectivity index (χ3n) is 3.29. The van der Waals surface area contributed by atoms with Crippen molar-refractivity contribution in [3.05, 3.63) is 71.3 Å². The van der Waals surface area contributed by atoms with Crippen molar-refractivity contribution >= 4 is 0 Å². The van der Waals surface area contributed by atoms with Crippen molar-refractivity contribution in [1.82, 2.24) is 0 Å². The van der Waals surface area contributed by atoms with Crippen LogP contribution in [0.4, 0.5) is 0 Å². The minimum atomic E-state index is -0.561. The van der Waals surface area contributed by atoms with Gasteiger partial charge in [0.05, 0.1) is 13.2 Å². The molecule has 2 heteroatoms. The van der Waals surface area contributed by atoms with E-state index in [0.717, 1.165) is 24.0 Å². The van der Waals surface area contributed by atoms with Gasteiger partial charge in [0.25, 0.3) is 0 Å². The SMILES string of the molecule is CCCc1ccc(C(O)COCc2ccccc2)cc1. The largest absolute Gasteiger partial charge is 0.386 e. The van der Waals surface area contributed by atoms with Crippen LogP contribution in [0.3, 0.4) is 0 Å². The second-order valence-electron chi connectivity index (χ2n) is 5.01. The number of aryl methyl sites for hydroxylation is 1. The molecule has 2 aromatic carbocycles. The van der Waals surface area contributed by atoms with Crippen LogP contribution in [0.1, 0.15) is 36.1 Å². The molecule has 0 amide bonds. The van der Waals surface area contributed by atoms with Crippen LogP contribution < -0.4 is 0 Å². The normalized spacial score (nSPS) is 12.3. The molecule has 0 aliphatic carbocycles. The lowest BCUT2D eigenvalue weighted by Crippen LogP contribution is -2.07. The van der Waals surface area contributed by atoms with E-state index in [1.807, 2.05) is 42.5 Å². The van der Waals surface area contributed by atoms with Crippen molar-refractivity contribution < 1.29 is 9.84 Å². The van der Waals surface area contributed by atoms with Crippen LogP contribution in [0.5, 0.6) is 0 Å². The number of aliphatic hydroxyl groups excluding tert-OH is 1. The molecule has 0 bridgehead atoms. The highest BCUT2D eigenvalue weighted by atomic mass is 16.5. The van der Waals surface area contributed by atoms with Crippen LogP contribution in [0, 0.1) is 0 Å². The highest BCUT2D eigenvalue weighted by Gasteiger charge is 2.07. The van der Waals surface area contributed by atoms with Crippen LogP contribution in [0.2, 0.25) is 0 Å². The summed E-state index contributed by atoms with van der Waals surface area (Å²) in [7, 11) is 0. The zero-order valence-corrected chi connectivity index (χ0v) is 12.0. The highest BCUT2D eigenvalue weighted by molar-refractivity contribution is 5.24. The zero-order chi connectivity index (χ0) is 14.2. The van der Waals surface area contributed by atoms with Gasteiger partial charge in [0.2, 0.25) is 0 Å². The Balaban J connectivity index is 1.80. The van der Waals surface area contributed by atoms with E-state index < -0.39 is 6.10 Å². The van der Waals surface area contributed by atoms with E-state index in [1.54, 1.807) is 0 Å². The van der Waals surface area contributed by atoms with Gasteiger partial charge in [-0.2, -0.15) is 0 Å². The fourth-order valence-corrected chi connectivity index (χ4v) is 2.15. The van der Waals surface area contributed by atoms with Gasteiger partial charge in [0.1, 0.15) is 6.10 Å². The summed E-state index contributed by atoms with van der Waals surface area (Å²) >= 11 is 0. The first-order valence-corrected chi connectivity index (χ1v) is 7.18. The van der Waals surface area contributed by atoms with Crippen LogP contribution in [-0.4, -0.2) is 11.7 Å². The summed E-state index contributed by atoms with van der Waals surface area (Å²) in [5, 5.41) is 10.1. The van der Waals surface area contributed by atoms with Crippen LogP contribution in [-0.2, 0) is 17.8 Å². The van der Waals surface area contributed by atoms with Crippen molar-refractivity contribution in [3.63, 3.8) is 0 Å². The first-order chi connectivity index (χ1) is 9.79. The molecule has 1 atom stereocenters. The molecule has 0 aliphatic rings. The molecule has 0 fully saturated rings. The van der Waals surface area contributed by atoms with E-state index in [0.29, 0.717) is 13.2 Å². The summed E-state index contributed by atoms with van der Waals surface area (Å²) in [6.07, 6.45) is 1.66. The van der Waals surface area contributed by atoms with E-state index in [4.69, 9.17) is 4.74 Å². The van der Waals surface area contributed by atoms with Crippen molar-refractivity contribution in [2.45, 2.75) is 32.5 Å². The quantitative estimate of drug-likeness (QED) is 0.827. The van der Waals surface area contributed by atoms with Crippen molar-refractivity contribution in [2.24, 2.45) is 0 Å². The average Bonchev–Trinajstić information content (AvgIpc) is 2.49. The Morgan fingerprint density at radius 1 is 0.950 bits per heavy atom. The van der Waals surface area contributed by atoms with Crippen molar-refractivity contribution in [1.29, 1.82) is 0 Å². The molecule has 1 unspecified atom stereocenters. The van der Waals surface area contributed by atoms with Crippen LogP contribution in [0.15, 0.2) is 54.6 Å². The number of aliphatic hydroxyl groups is 1. The maximum absolute atomic E-state index is 10.1. The minimum Gasteiger partial charge on any atom is -0.386 e. The van der Waals surface area contributed by atoms with Gasteiger partial charge in [-0.25, -0.2) is 0 Å². The molecule has 0 spiro atoms. The summed E-state index contributed by atoms with van der Waals surface area (Å²) in [6.45, 7) is 3.02. The van der Waals surface area contributed by atoms with Crippen LogP contribution >= 0.6 is 0 Å².